The zero-order chi connectivity index (χ0) is 24.5. The summed E-state index contributed by atoms with van der Waals surface area (Å²) in [6, 6.07) is 16.1. The van der Waals surface area contributed by atoms with Gasteiger partial charge in [0, 0.05) is 11.3 Å². The first-order valence-electron chi connectivity index (χ1n) is 10.0. The molecule has 0 aliphatic heterocycles. The highest BCUT2D eigenvalue weighted by Crippen LogP contribution is 2.33. The molecule has 0 fully saturated rings. The minimum absolute atomic E-state index is 0.0150. The van der Waals surface area contributed by atoms with E-state index in [0.29, 0.717) is 40.7 Å². The standard InChI is InChI=1S/C23H22N4O6S/c1-32-20-5-3-4-15(21(20)33-2)13-27-19-11-6-14(22(28)29)12-18(19)26-23(27)25-16-7-9-17(10-8-16)34(24,30)31/h3-12H,13H2,1-2H3,(H,25,26)(H,28,29)(H2,24,30,31). The largest absolute Gasteiger partial charge is 0.493 e. The Morgan fingerprint density at radius 3 is 2.44 bits per heavy atom. The molecule has 1 aromatic heterocycles. The Labute approximate surface area is 195 Å². The second-order valence-corrected chi connectivity index (χ2v) is 8.94. The zero-order valence-electron chi connectivity index (χ0n) is 18.3. The lowest BCUT2D eigenvalue weighted by atomic mass is 10.1. The highest BCUT2D eigenvalue weighted by molar-refractivity contribution is 7.89. The number of primary sulfonamides is 1. The smallest absolute Gasteiger partial charge is 0.335 e. The maximum absolute atomic E-state index is 11.5. The number of nitrogens with zero attached hydrogens (tertiary/aromatic N) is 2. The van der Waals surface area contributed by atoms with Crippen molar-refractivity contribution < 1.29 is 27.8 Å². The Hall–Kier alpha value is -4.09. The Bertz CT molecular complexity index is 1480. The van der Waals surface area contributed by atoms with Crippen molar-refractivity contribution in [2.75, 3.05) is 19.5 Å². The number of para-hydroxylation sites is 1. The molecule has 0 aliphatic rings. The van der Waals surface area contributed by atoms with E-state index in [1.54, 1.807) is 38.5 Å². The molecule has 3 aromatic carbocycles. The Kier molecular flexibility index (Phi) is 6.14. The predicted molar refractivity (Wildman–Crippen MR) is 126 cm³/mol. The zero-order valence-corrected chi connectivity index (χ0v) is 19.2. The van der Waals surface area contributed by atoms with E-state index in [4.69, 9.17) is 14.6 Å². The van der Waals surface area contributed by atoms with Crippen LogP contribution in [0, 0.1) is 0 Å². The molecule has 0 radical (unpaired) electrons. The fourth-order valence-electron chi connectivity index (χ4n) is 3.62. The Balaban J connectivity index is 1.81. The number of hydrogen-bond acceptors (Lipinski definition) is 7. The van der Waals surface area contributed by atoms with Crippen LogP contribution in [0.4, 0.5) is 11.6 Å². The van der Waals surface area contributed by atoms with E-state index in [1.165, 1.54) is 24.3 Å². The summed E-state index contributed by atoms with van der Waals surface area (Å²) >= 11 is 0. The third-order valence-corrected chi connectivity index (χ3v) is 6.18. The third kappa shape index (κ3) is 4.51. The number of nitrogens with one attached hydrogen (secondary N) is 1. The van der Waals surface area contributed by atoms with Crippen LogP contribution in [0.2, 0.25) is 0 Å². The highest BCUT2D eigenvalue weighted by Gasteiger charge is 2.17. The molecule has 0 saturated heterocycles. The summed E-state index contributed by atoms with van der Waals surface area (Å²) in [5.74, 6) is 0.507. The van der Waals surface area contributed by atoms with Crippen molar-refractivity contribution in [3.63, 3.8) is 0 Å². The molecule has 0 aliphatic carbocycles. The van der Waals surface area contributed by atoms with Crippen LogP contribution in [0.25, 0.3) is 11.0 Å². The Morgan fingerprint density at radius 1 is 1.09 bits per heavy atom. The molecule has 34 heavy (non-hydrogen) atoms. The van der Waals surface area contributed by atoms with Crippen molar-refractivity contribution in [3.8, 4) is 11.5 Å². The van der Waals surface area contributed by atoms with E-state index in [2.05, 4.69) is 10.3 Å². The summed E-state index contributed by atoms with van der Waals surface area (Å²) in [4.78, 5) is 16.0. The molecule has 0 atom stereocenters. The second kappa shape index (κ2) is 9.04. The van der Waals surface area contributed by atoms with Crippen LogP contribution in [0.5, 0.6) is 11.5 Å². The number of carboxylic acids is 1. The van der Waals surface area contributed by atoms with Crippen LogP contribution >= 0.6 is 0 Å². The van der Waals surface area contributed by atoms with Gasteiger partial charge in [0.15, 0.2) is 11.5 Å². The van der Waals surface area contributed by atoms with E-state index < -0.39 is 16.0 Å². The molecular weight excluding hydrogens is 460 g/mol. The lowest BCUT2D eigenvalue weighted by molar-refractivity contribution is 0.0697. The summed E-state index contributed by atoms with van der Waals surface area (Å²) in [6.45, 7) is 0.334. The molecule has 4 rings (SSSR count). The number of hydrogen-bond donors (Lipinski definition) is 3. The molecule has 4 N–H and O–H groups in total. The molecule has 0 saturated carbocycles. The average Bonchev–Trinajstić information content (AvgIpc) is 3.14. The fraction of sp³-hybridized carbons (Fsp3) is 0.130. The number of nitrogens with two attached hydrogens (primary N) is 1. The average molecular weight is 483 g/mol. The summed E-state index contributed by atoms with van der Waals surface area (Å²) in [6.07, 6.45) is 0. The van der Waals surface area contributed by atoms with Crippen molar-refractivity contribution in [1.82, 2.24) is 9.55 Å². The van der Waals surface area contributed by atoms with Crippen LogP contribution in [-0.4, -0.2) is 43.3 Å². The van der Waals surface area contributed by atoms with E-state index >= 15 is 0 Å². The number of rotatable bonds is 8. The molecule has 0 unspecified atom stereocenters. The van der Waals surface area contributed by atoms with Gasteiger partial charge in [0.25, 0.3) is 0 Å². The van der Waals surface area contributed by atoms with Gasteiger partial charge in [-0.3, -0.25) is 0 Å². The number of carboxylic acid groups (broad SMARTS) is 1. The summed E-state index contributed by atoms with van der Waals surface area (Å²) in [5.41, 5.74) is 2.67. The highest BCUT2D eigenvalue weighted by atomic mass is 32.2. The van der Waals surface area contributed by atoms with Gasteiger partial charge < -0.3 is 24.5 Å². The minimum atomic E-state index is -3.82. The topological polar surface area (TPSA) is 146 Å². The summed E-state index contributed by atoms with van der Waals surface area (Å²) < 4.78 is 35.9. The van der Waals surface area contributed by atoms with Gasteiger partial charge in [0.05, 0.1) is 42.3 Å². The van der Waals surface area contributed by atoms with Gasteiger partial charge in [-0.15, -0.1) is 0 Å². The quantitative estimate of drug-likeness (QED) is 0.347. The number of imidazole rings is 1. The predicted octanol–water partition coefficient (Wildman–Crippen LogP) is 3.19. The number of benzene rings is 3. The van der Waals surface area contributed by atoms with Gasteiger partial charge in [0.2, 0.25) is 16.0 Å². The number of fused-ring (bicyclic) bond motifs is 1. The minimum Gasteiger partial charge on any atom is -0.493 e. The van der Waals surface area contributed by atoms with E-state index in [-0.39, 0.29) is 10.5 Å². The maximum Gasteiger partial charge on any atom is 0.335 e. The Morgan fingerprint density at radius 2 is 1.82 bits per heavy atom. The van der Waals surface area contributed by atoms with Crippen molar-refractivity contribution in [2.24, 2.45) is 5.14 Å². The molecule has 10 nitrogen and oxygen atoms in total. The lowest BCUT2D eigenvalue weighted by Gasteiger charge is -2.15. The SMILES string of the molecule is COc1cccc(Cn2c(Nc3ccc(S(N)(=O)=O)cc3)nc3cc(C(=O)O)ccc32)c1OC. The van der Waals surface area contributed by atoms with Crippen LogP contribution in [0.1, 0.15) is 15.9 Å². The number of carbonyl (C=O) groups is 1. The normalized spacial score (nSPS) is 11.4. The van der Waals surface area contributed by atoms with Crippen molar-refractivity contribution in [2.45, 2.75) is 11.4 Å². The van der Waals surface area contributed by atoms with Crippen LogP contribution in [0.15, 0.2) is 65.6 Å². The van der Waals surface area contributed by atoms with Crippen LogP contribution in [-0.2, 0) is 16.6 Å². The van der Waals surface area contributed by atoms with Gasteiger partial charge in [-0.05, 0) is 48.5 Å². The maximum atomic E-state index is 11.5. The molecule has 0 amide bonds. The van der Waals surface area contributed by atoms with Crippen LogP contribution < -0.4 is 19.9 Å². The van der Waals surface area contributed by atoms with Gasteiger partial charge in [0.1, 0.15) is 0 Å². The molecule has 176 valence electrons. The van der Waals surface area contributed by atoms with E-state index in [0.717, 1.165) is 5.56 Å². The molecule has 0 bridgehead atoms. The van der Waals surface area contributed by atoms with Gasteiger partial charge in [-0.2, -0.15) is 0 Å². The summed E-state index contributed by atoms with van der Waals surface area (Å²) in [7, 11) is -0.709. The monoisotopic (exact) mass is 482 g/mol. The number of ether oxygens (including phenoxy) is 2. The number of anilines is 2. The van der Waals surface area contributed by atoms with Crippen molar-refractivity contribution in [3.05, 3.63) is 71.8 Å². The first-order chi connectivity index (χ1) is 16.2. The van der Waals surface area contributed by atoms with Crippen LogP contribution in [0.3, 0.4) is 0 Å². The molecule has 4 aromatic rings. The fourth-order valence-corrected chi connectivity index (χ4v) is 4.14. The first kappa shape index (κ1) is 23.1. The lowest BCUT2D eigenvalue weighted by Crippen LogP contribution is -2.12. The summed E-state index contributed by atoms with van der Waals surface area (Å²) in [5, 5.41) is 17.7. The second-order valence-electron chi connectivity index (χ2n) is 7.38. The molecule has 11 heteroatoms. The molecule has 0 spiro atoms. The number of methoxy groups -OCH3 is 2. The number of aromatic carboxylic acids is 1. The van der Waals surface area contributed by atoms with E-state index in [9.17, 15) is 18.3 Å². The first-order valence-corrected chi connectivity index (χ1v) is 11.6. The van der Waals surface area contributed by atoms with Gasteiger partial charge in [-0.25, -0.2) is 23.3 Å². The molecular formula is C23H22N4O6S. The number of aromatic nitrogens is 2. The van der Waals surface area contributed by atoms with Crippen molar-refractivity contribution >= 4 is 38.7 Å². The molecule has 1 heterocycles. The van der Waals surface area contributed by atoms with Crippen molar-refractivity contribution in [1.29, 1.82) is 0 Å². The van der Waals surface area contributed by atoms with E-state index in [1.807, 2.05) is 16.7 Å². The number of sulfonamides is 1. The van der Waals surface area contributed by atoms with Gasteiger partial charge >= 0.3 is 5.97 Å². The van der Waals surface area contributed by atoms with Gasteiger partial charge in [-0.1, -0.05) is 12.1 Å². The third-order valence-electron chi connectivity index (χ3n) is 5.25.